The monoisotopic (exact) mass is 263 g/mol. The number of benzene rings is 1. The first kappa shape index (κ1) is 13.9. The predicted molar refractivity (Wildman–Crippen MR) is 74.5 cm³/mol. The molecule has 19 heavy (non-hydrogen) atoms. The molecule has 4 nitrogen and oxygen atoms in total. The van der Waals surface area contributed by atoms with E-state index in [1.807, 2.05) is 26.0 Å². The fraction of sp³-hybridized carbons (Fsp3) is 0.533. The number of anilines is 1. The Hall–Kier alpha value is -1.55. The Morgan fingerprint density at radius 3 is 2.53 bits per heavy atom. The minimum absolute atomic E-state index is 0.0751. The van der Waals surface area contributed by atoms with Gasteiger partial charge in [0.05, 0.1) is 19.1 Å². The topological polar surface area (TPSA) is 58.6 Å². The summed E-state index contributed by atoms with van der Waals surface area (Å²) in [6.45, 7) is 3.80. The molecule has 1 aliphatic rings. The molecule has 1 aromatic carbocycles. The van der Waals surface area contributed by atoms with Gasteiger partial charge in [-0.15, -0.1) is 0 Å². The van der Waals surface area contributed by atoms with Crippen molar-refractivity contribution in [2.75, 3.05) is 19.0 Å². The summed E-state index contributed by atoms with van der Waals surface area (Å²) in [6.07, 6.45) is 2.54. The van der Waals surface area contributed by atoms with Crippen molar-refractivity contribution in [2.45, 2.75) is 33.1 Å². The Balaban J connectivity index is 2.19. The molecule has 1 amide bonds. The van der Waals surface area contributed by atoms with Crippen LogP contribution in [0.1, 0.15) is 30.4 Å². The number of ether oxygens (including phenoxy) is 1. The first-order chi connectivity index (χ1) is 9.02. The quantitative estimate of drug-likeness (QED) is 0.877. The minimum Gasteiger partial charge on any atom is -0.496 e. The van der Waals surface area contributed by atoms with Gasteiger partial charge in [-0.2, -0.15) is 0 Å². The van der Waals surface area contributed by atoms with Crippen molar-refractivity contribution in [1.82, 2.24) is 0 Å². The number of methoxy groups -OCH3 is 1. The zero-order chi connectivity index (χ0) is 14.0. The number of nitrogens with one attached hydrogen (secondary N) is 1. The molecule has 0 radical (unpaired) electrons. The summed E-state index contributed by atoms with van der Waals surface area (Å²) in [5.41, 5.74) is 2.17. The Morgan fingerprint density at radius 2 is 2.05 bits per heavy atom. The number of hydrogen-bond donors (Lipinski definition) is 2. The van der Waals surface area contributed by atoms with E-state index in [4.69, 9.17) is 4.74 Å². The van der Waals surface area contributed by atoms with Crippen LogP contribution in [0.25, 0.3) is 0 Å². The van der Waals surface area contributed by atoms with Gasteiger partial charge < -0.3 is 15.2 Å². The van der Waals surface area contributed by atoms with Crippen molar-refractivity contribution >= 4 is 11.6 Å². The van der Waals surface area contributed by atoms with Gasteiger partial charge in [0, 0.05) is 5.69 Å². The van der Waals surface area contributed by atoms with E-state index < -0.39 is 5.41 Å². The fourth-order valence-electron chi connectivity index (χ4n) is 2.46. The fourth-order valence-corrected chi connectivity index (χ4v) is 2.46. The highest BCUT2D eigenvalue weighted by Crippen LogP contribution is 2.41. The van der Waals surface area contributed by atoms with Gasteiger partial charge in [-0.05, 0) is 49.9 Å². The molecule has 0 spiro atoms. The second-order valence-corrected chi connectivity index (χ2v) is 5.38. The first-order valence-electron chi connectivity index (χ1n) is 6.60. The molecule has 104 valence electrons. The highest BCUT2D eigenvalue weighted by molar-refractivity contribution is 5.96. The van der Waals surface area contributed by atoms with Crippen LogP contribution in [0.15, 0.2) is 12.1 Å². The lowest BCUT2D eigenvalue weighted by Gasteiger charge is -2.38. The van der Waals surface area contributed by atoms with Crippen LogP contribution in [-0.2, 0) is 4.79 Å². The third-order valence-corrected chi connectivity index (χ3v) is 4.09. The number of aryl methyl sites for hydroxylation is 2. The average molecular weight is 263 g/mol. The van der Waals surface area contributed by atoms with E-state index in [1.54, 1.807) is 7.11 Å². The van der Waals surface area contributed by atoms with Gasteiger partial charge >= 0.3 is 0 Å². The standard InChI is InChI=1S/C15H21NO3/c1-10-8-13(19-3)11(2)7-12(10)16-14(18)15(9-17)5-4-6-15/h7-8,17H,4-6,9H2,1-3H3,(H,16,18). The number of hydrogen-bond acceptors (Lipinski definition) is 3. The predicted octanol–water partition coefficient (Wildman–Crippen LogP) is 2.41. The van der Waals surface area contributed by atoms with Crippen LogP contribution < -0.4 is 10.1 Å². The molecule has 0 heterocycles. The molecular weight excluding hydrogens is 242 g/mol. The summed E-state index contributed by atoms with van der Waals surface area (Å²) < 4.78 is 5.25. The minimum atomic E-state index is -0.569. The van der Waals surface area contributed by atoms with Crippen molar-refractivity contribution in [3.8, 4) is 5.75 Å². The summed E-state index contributed by atoms with van der Waals surface area (Å²) >= 11 is 0. The van der Waals surface area contributed by atoms with E-state index in [0.717, 1.165) is 41.8 Å². The van der Waals surface area contributed by atoms with Gasteiger partial charge in [0.25, 0.3) is 0 Å². The maximum absolute atomic E-state index is 12.3. The van der Waals surface area contributed by atoms with Crippen LogP contribution in [0.3, 0.4) is 0 Å². The van der Waals surface area contributed by atoms with Crippen molar-refractivity contribution in [3.63, 3.8) is 0 Å². The lowest BCUT2D eigenvalue weighted by Crippen LogP contribution is -2.44. The van der Waals surface area contributed by atoms with E-state index in [1.165, 1.54) is 0 Å². The van der Waals surface area contributed by atoms with Gasteiger partial charge in [0.15, 0.2) is 0 Å². The number of aliphatic hydroxyl groups is 1. The van der Waals surface area contributed by atoms with Crippen LogP contribution >= 0.6 is 0 Å². The highest BCUT2D eigenvalue weighted by atomic mass is 16.5. The molecule has 1 aromatic rings. The third-order valence-electron chi connectivity index (χ3n) is 4.09. The van der Waals surface area contributed by atoms with Crippen LogP contribution in [-0.4, -0.2) is 24.7 Å². The Kier molecular flexibility index (Phi) is 3.80. The van der Waals surface area contributed by atoms with Crippen molar-refractivity contribution in [1.29, 1.82) is 0 Å². The summed E-state index contributed by atoms with van der Waals surface area (Å²) in [6, 6.07) is 3.83. The molecule has 0 unspecified atom stereocenters. The van der Waals surface area contributed by atoms with E-state index in [-0.39, 0.29) is 12.5 Å². The van der Waals surface area contributed by atoms with Crippen molar-refractivity contribution < 1.29 is 14.6 Å². The third kappa shape index (κ3) is 2.45. The van der Waals surface area contributed by atoms with Crippen molar-refractivity contribution in [3.05, 3.63) is 23.3 Å². The van der Waals surface area contributed by atoms with Gasteiger partial charge in [0.1, 0.15) is 5.75 Å². The van der Waals surface area contributed by atoms with Gasteiger partial charge in [0.2, 0.25) is 5.91 Å². The van der Waals surface area contributed by atoms with Gasteiger partial charge in [-0.1, -0.05) is 6.42 Å². The smallest absolute Gasteiger partial charge is 0.232 e. The van der Waals surface area contributed by atoms with Crippen LogP contribution in [0.5, 0.6) is 5.75 Å². The number of rotatable bonds is 4. The number of amides is 1. The zero-order valence-corrected chi connectivity index (χ0v) is 11.7. The first-order valence-corrected chi connectivity index (χ1v) is 6.60. The highest BCUT2D eigenvalue weighted by Gasteiger charge is 2.43. The Morgan fingerprint density at radius 1 is 1.37 bits per heavy atom. The normalized spacial score (nSPS) is 16.6. The second-order valence-electron chi connectivity index (χ2n) is 5.38. The number of carbonyl (C=O) groups excluding carboxylic acids is 1. The zero-order valence-electron chi connectivity index (χ0n) is 11.7. The van der Waals surface area contributed by atoms with Crippen molar-refractivity contribution in [2.24, 2.45) is 5.41 Å². The molecule has 1 saturated carbocycles. The van der Waals surface area contributed by atoms with Crippen LogP contribution in [0.4, 0.5) is 5.69 Å². The molecule has 0 atom stereocenters. The number of carbonyl (C=O) groups is 1. The molecule has 1 fully saturated rings. The van der Waals surface area contributed by atoms with Gasteiger partial charge in [-0.25, -0.2) is 0 Å². The van der Waals surface area contributed by atoms with Gasteiger partial charge in [-0.3, -0.25) is 4.79 Å². The summed E-state index contributed by atoms with van der Waals surface area (Å²) in [4.78, 5) is 12.3. The molecule has 0 bridgehead atoms. The molecule has 0 aromatic heterocycles. The molecule has 2 rings (SSSR count). The summed E-state index contributed by atoms with van der Waals surface area (Å²) in [5.74, 6) is 0.741. The molecule has 4 heteroatoms. The Labute approximate surface area is 113 Å². The van der Waals surface area contributed by atoms with Crippen LogP contribution in [0, 0.1) is 19.3 Å². The molecule has 2 N–H and O–H groups in total. The van der Waals surface area contributed by atoms with E-state index in [0.29, 0.717) is 0 Å². The van der Waals surface area contributed by atoms with Crippen LogP contribution in [0.2, 0.25) is 0 Å². The molecule has 0 aliphatic heterocycles. The SMILES string of the molecule is COc1cc(C)c(NC(=O)C2(CO)CCC2)cc1C. The number of aliphatic hydroxyl groups excluding tert-OH is 1. The molecule has 0 saturated heterocycles. The maximum Gasteiger partial charge on any atom is 0.232 e. The largest absolute Gasteiger partial charge is 0.496 e. The second kappa shape index (κ2) is 5.21. The van der Waals surface area contributed by atoms with E-state index >= 15 is 0 Å². The lowest BCUT2D eigenvalue weighted by atomic mass is 9.68. The molecule has 1 aliphatic carbocycles. The van der Waals surface area contributed by atoms with E-state index in [9.17, 15) is 9.90 Å². The summed E-state index contributed by atoms with van der Waals surface area (Å²) in [7, 11) is 1.63. The average Bonchev–Trinajstić information content (AvgIpc) is 2.32. The summed E-state index contributed by atoms with van der Waals surface area (Å²) in [5, 5.41) is 12.4. The Bertz CT molecular complexity index is 487. The van der Waals surface area contributed by atoms with E-state index in [2.05, 4.69) is 5.32 Å². The maximum atomic E-state index is 12.3. The lowest BCUT2D eigenvalue weighted by molar-refractivity contribution is -0.133. The molecular formula is C15H21NO3.